The summed E-state index contributed by atoms with van der Waals surface area (Å²) in [6, 6.07) is 5.01. The number of imidazole rings is 1. The third-order valence-corrected chi connectivity index (χ3v) is 3.81. The Labute approximate surface area is 117 Å². The molecule has 20 heavy (non-hydrogen) atoms. The van der Waals surface area contributed by atoms with Crippen LogP contribution in [0.4, 0.5) is 0 Å². The van der Waals surface area contributed by atoms with Crippen molar-refractivity contribution in [1.29, 1.82) is 0 Å². The van der Waals surface area contributed by atoms with Gasteiger partial charge in [-0.05, 0) is 19.1 Å². The van der Waals surface area contributed by atoms with Gasteiger partial charge in [0.15, 0.2) is 0 Å². The summed E-state index contributed by atoms with van der Waals surface area (Å²) in [5, 5.41) is 11.0. The third-order valence-electron chi connectivity index (χ3n) is 3.09. The Balaban J connectivity index is 2.21. The van der Waals surface area contributed by atoms with Gasteiger partial charge >= 0.3 is 10.8 Å². The number of carboxylic acid groups (broad SMARTS) is 1. The predicted octanol–water partition coefficient (Wildman–Crippen LogP) is 1.84. The van der Waals surface area contributed by atoms with Gasteiger partial charge in [-0.2, -0.15) is 0 Å². The number of nitrogens with zero attached hydrogens (tertiary/aromatic N) is 2. The summed E-state index contributed by atoms with van der Waals surface area (Å²) in [5.41, 5.74) is 2.16. The number of H-pyrrole nitrogens is 1. The van der Waals surface area contributed by atoms with Crippen molar-refractivity contribution in [2.75, 3.05) is 0 Å². The van der Waals surface area contributed by atoms with Crippen LogP contribution < -0.4 is 4.87 Å². The molecule has 7 heteroatoms. The van der Waals surface area contributed by atoms with Gasteiger partial charge in [-0.15, -0.1) is 0 Å². The maximum Gasteiger partial charge on any atom is 0.337 e. The molecule has 0 saturated heterocycles. The first-order chi connectivity index (χ1) is 9.56. The molecular weight excluding hydrogens is 278 g/mol. The zero-order valence-electron chi connectivity index (χ0n) is 10.6. The van der Waals surface area contributed by atoms with Gasteiger partial charge in [0, 0.05) is 11.1 Å². The maximum absolute atomic E-state index is 11.3. The SMILES string of the molecule is Cc1nc2cccc(C(=O)O)c2n1Cc1csc(=O)[nH]1. The van der Waals surface area contributed by atoms with E-state index in [1.54, 1.807) is 28.1 Å². The molecule has 1 aromatic carbocycles. The molecule has 0 fully saturated rings. The quantitative estimate of drug-likeness (QED) is 0.770. The Bertz CT molecular complexity index is 859. The molecule has 3 aromatic rings. The van der Waals surface area contributed by atoms with Crippen LogP contribution in [0.2, 0.25) is 0 Å². The van der Waals surface area contributed by atoms with E-state index in [9.17, 15) is 14.7 Å². The second-order valence-corrected chi connectivity index (χ2v) is 5.24. The van der Waals surface area contributed by atoms with Crippen LogP contribution in [0.3, 0.4) is 0 Å². The number of hydrogen-bond donors (Lipinski definition) is 2. The molecular formula is C13H11N3O3S. The van der Waals surface area contributed by atoms with Crippen molar-refractivity contribution in [1.82, 2.24) is 14.5 Å². The molecule has 2 heterocycles. The van der Waals surface area contributed by atoms with Gasteiger partial charge in [0.2, 0.25) is 0 Å². The van der Waals surface area contributed by atoms with Crippen molar-refractivity contribution in [2.24, 2.45) is 0 Å². The number of benzene rings is 1. The fraction of sp³-hybridized carbons (Fsp3) is 0.154. The number of para-hydroxylation sites is 1. The minimum atomic E-state index is -0.990. The number of hydrogen-bond acceptors (Lipinski definition) is 4. The fourth-order valence-electron chi connectivity index (χ4n) is 2.23. The lowest BCUT2D eigenvalue weighted by molar-refractivity contribution is 0.0698. The topological polar surface area (TPSA) is 88.0 Å². The molecule has 0 unspecified atom stereocenters. The van der Waals surface area contributed by atoms with Gasteiger partial charge in [0.25, 0.3) is 0 Å². The molecule has 0 atom stereocenters. The second kappa shape index (κ2) is 4.61. The average Bonchev–Trinajstić information content (AvgIpc) is 2.94. The monoisotopic (exact) mass is 289 g/mol. The highest BCUT2D eigenvalue weighted by molar-refractivity contribution is 7.07. The number of carboxylic acids is 1. The van der Waals surface area contributed by atoms with E-state index in [1.807, 2.05) is 6.92 Å². The Hall–Kier alpha value is -2.41. The molecule has 0 bridgehead atoms. The van der Waals surface area contributed by atoms with Crippen LogP contribution in [0, 0.1) is 6.92 Å². The first-order valence-corrected chi connectivity index (χ1v) is 6.80. The number of aromatic nitrogens is 3. The fourth-order valence-corrected chi connectivity index (χ4v) is 2.80. The summed E-state index contributed by atoms with van der Waals surface area (Å²) < 4.78 is 1.80. The van der Waals surface area contributed by atoms with E-state index in [0.717, 1.165) is 17.0 Å². The van der Waals surface area contributed by atoms with Gasteiger partial charge < -0.3 is 14.7 Å². The maximum atomic E-state index is 11.3. The Morgan fingerprint density at radius 3 is 2.95 bits per heavy atom. The number of aromatic carboxylic acids is 1. The van der Waals surface area contributed by atoms with Crippen LogP contribution in [0.15, 0.2) is 28.4 Å². The van der Waals surface area contributed by atoms with Crippen molar-refractivity contribution in [2.45, 2.75) is 13.5 Å². The van der Waals surface area contributed by atoms with Crippen molar-refractivity contribution < 1.29 is 9.90 Å². The summed E-state index contributed by atoms with van der Waals surface area (Å²) in [7, 11) is 0. The highest BCUT2D eigenvalue weighted by Crippen LogP contribution is 2.21. The van der Waals surface area contributed by atoms with E-state index < -0.39 is 5.97 Å². The summed E-state index contributed by atoms with van der Waals surface area (Å²) in [5.74, 6) is -0.281. The summed E-state index contributed by atoms with van der Waals surface area (Å²) in [4.78, 5) is 29.5. The standard InChI is InChI=1S/C13H11N3O3S/c1-7-14-10-4-2-3-9(12(17)18)11(10)16(7)5-8-6-20-13(19)15-8/h2-4,6H,5H2,1H3,(H,15,19)(H,17,18). The highest BCUT2D eigenvalue weighted by Gasteiger charge is 2.16. The number of fused-ring (bicyclic) bond motifs is 1. The molecule has 0 saturated carbocycles. The molecule has 6 nitrogen and oxygen atoms in total. The first-order valence-electron chi connectivity index (χ1n) is 5.92. The van der Waals surface area contributed by atoms with Crippen LogP contribution in [-0.4, -0.2) is 25.6 Å². The molecule has 0 radical (unpaired) electrons. The van der Waals surface area contributed by atoms with Crippen LogP contribution in [-0.2, 0) is 6.54 Å². The van der Waals surface area contributed by atoms with E-state index >= 15 is 0 Å². The van der Waals surface area contributed by atoms with E-state index in [0.29, 0.717) is 23.4 Å². The first kappa shape index (κ1) is 12.6. The van der Waals surface area contributed by atoms with Crippen LogP contribution in [0.5, 0.6) is 0 Å². The van der Waals surface area contributed by atoms with Crippen LogP contribution in [0.1, 0.15) is 21.9 Å². The average molecular weight is 289 g/mol. The van der Waals surface area contributed by atoms with E-state index in [4.69, 9.17) is 0 Å². The number of aryl methyl sites for hydroxylation is 1. The number of rotatable bonds is 3. The smallest absolute Gasteiger partial charge is 0.337 e. The number of aromatic amines is 1. The van der Waals surface area contributed by atoms with E-state index in [1.165, 1.54) is 0 Å². The van der Waals surface area contributed by atoms with Crippen molar-refractivity contribution in [3.05, 3.63) is 50.3 Å². The molecule has 2 N–H and O–H groups in total. The number of nitrogens with one attached hydrogen (secondary N) is 1. The van der Waals surface area contributed by atoms with Gasteiger partial charge in [-0.3, -0.25) is 4.79 Å². The van der Waals surface area contributed by atoms with E-state index in [2.05, 4.69) is 9.97 Å². The van der Waals surface area contributed by atoms with Crippen LogP contribution in [0.25, 0.3) is 11.0 Å². The Morgan fingerprint density at radius 2 is 2.30 bits per heavy atom. The van der Waals surface area contributed by atoms with Crippen LogP contribution >= 0.6 is 11.3 Å². The lowest BCUT2D eigenvalue weighted by atomic mass is 10.2. The Kier molecular flexibility index (Phi) is 2.90. The molecule has 0 aliphatic heterocycles. The van der Waals surface area contributed by atoms with E-state index in [-0.39, 0.29) is 10.4 Å². The molecule has 0 spiro atoms. The van der Waals surface area contributed by atoms with Crippen molar-refractivity contribution in [3.8, 4) is 0 Å². The van der Waals surface area contributed by atoms with Gasteiger partial charge in [0.05, 0.1) is 23.1 Å². The lowest BCUT2D eigenvalue weighted by Gasteiger charge is -2.07. The molecule has 2 aromatic heterocycles. The van der Waals surface area contributed by atoms with Gasteiger partial charge in [0.1, 0.15) is 5.82 Å². The number of thiazole rings is 1. The molecule has 102 valence electrons. The zero-order chi connectivity index (χ0) is 14.3. The minimum Gasteiger partial charge on any atom is -0.478 e. The molecule has 0 amide bonds. The molecule has 3 rings (SSSR count). The van der Waals surface area contributed by atoms with Gasteiger partial charge in [-0.25, -0.2) is 9.78 Å². The Morgan fingerprint density at radius 1 is 1.50 bits per heavy atom. The highest BCUT2D eigenvalue weighted by atomic mass is 32.1. The lowest BCUT2D eigenvalue weighted by Crippen LogP contribution is -2.07. The minimum absolute atomic E-state index is 0.125. The summed E-state index contributed by atoms with van der Waals surface area (Å²) >= 11 is 1.09. The molecule has 0 aliphatic rings. The second-order valence-electron chi connectivity index (χ2n) is 4.40. The zero-order valence-corrected chi connectivity index (χ0v) is 11.4. The van der Waals surface area contributed by atoms with Crippen molar-refractivity contribution >= 4 is 28.3 Å². The predicted molar refractivity (Wildman–Crippen MR) is 75.5 cm³/mol. The normalized spacial score (nSPS) is 11.1. The third kappa shape index (κ3) is 2.01. The molecule has 0 aliphatic carbocycles. The van der Waals surface area contributed by atoms with Gasteiger partial charge in [-0.1, -0.05) is 17.4 Å². The summed E-state index contributed by atoms with van der Waals surface area (Å²) in [6.45, 7) is 2.21. The summed E-state index contributed by atoms with van der Waals surface area (Å²) in [6.07, 6.45) is 0. The number of carbonyl (C=O) groups is 1. The largest absolute Gasteiger partial charge is 0.478 e. The van der Waals surface area contributed by atoms with Crippen molar-refractivity contribution in [3.63, 3.8) is 0 Å².